The number of aliphatic hydroxyl groups is 1. The van der Waals surface area contributed by atoms with Gasteiger partial charge in [-0.05, 0) is 35.4 Å². The lowest BCUT2D eigenvalue weighted by Gasteiger charge is -2.37. The van der Waals surface area contributed by atoms with Crippen molar-refractivity contribution in [3.63, 3.8) is 0 Å². The molecule has 0 saturated carbocycles. The molecule has 204 valence electrons. The molecule has 2 heterocycles. The van der Waals surface area contributed by atoms with Crippen LogP contribution >= 0.6 is 0 Å². The molecule has 0 amide bonds. The van der Waals surface area contributed by atoms with E-state index in [0.717, 1.165) is 12.1 Å². The van der Waals surface area contributed by atoms with E-state index in [4.69, 9.17) is 9.47 Å². The highest BCUT2D eigenvalue weighted by molar-refractivity contribution is 6.07. The molecule has 0 radical (unpaired) electrons. The third-order valence-electron chi connectivity index (χ3n) is 7.29. The quantitative estimate of drug-likeness (QED) is 0.199. The largest absolute Gasteiger partial charge is 0.508 e. The zero-order valence-corrected chi connectivity index (χ0v) is 20.7. The van der Waals surface area contributed by atoms with Crippen molar-refractivity contribution in [3.8, 4) is 46.0 Å². The van der Waals surface area contributed by atoms with E-state index in [0.29, 0.717) is 11.1 Å². The second-order valence-corrected chi connectivity index (χ2v) is 9.85. The monoisotopic (exact) mass is 544 g/mol. The minimum atomic E-state index is -1.32. The second-order valence-electron chi connectivity index (χ2n) is 9.85. The molecule has 10 heteroatoms. The molecule has 40 heavy (non-hydrogen) atoms. The van der Waals surface area contributed by atoms with Crippen LogP contribution in [0.5, 0.6) is 46.0 Å². The zero-order valence-electron chi connectivity index (χ0n) is 20.7. The number of hydrogen-bond acceptors (Lipinski definition) is 10. The molecule has 4 aromatic carbocycles. The van der Waals surface area contributed by atoms with Gasteiger partial charge in [-0.3, -0.25) is 4.79 Å². The summed E-state index contributed by atoms with van der Waals surface area (Å²) in [6.45, 7) is 0. The summed E-state index contributed by atoms with van der Waals surface area (Å²) in [4.78, 5) is 14.1. The fraction of sp³-hybridized carbons (Fsp3) is 0.167. The number of aliphatic hydroxyl groups excluding tert-OH is 1. The predicted octanol–water partition coefficient (Wildman–Crippen LogP) is 4.06. The number of ketones is 1. The van der Waals surface area contributed by atoms with E-state index in [-0.39, 0.29) is 57.6 Å². The van der Waals surface area contributed by atoms with Gasteiger partial charge in [-0.15, -0.1) is 0 Å². The molecule has 2 aliphatic rings. The van der Waals surface area contributed by atoms with Crippen molar-refractivity contribution in [2.75, 3.05) is 0 Å². The number of aromatic hydroxyl groups is 6. The van der Waals surface area contributed by atoms with E-state index in [9.17, 15) is 40.5 Å². The fourth-order valence-corrected chi connectivity index (χ4v) is 5.43. The van der Waals surface area contributed by atoms with Gasteiger partial charge in [-0.1, -0.05) is 24.3 Å². The standard InChI is InChI=1S/C30H24O10/c31-15-5-1-13(2-6-15)28-22(37)11-18-19(34)12-21(36)25(30(18)40-28)26-27(38)24-20(35)9-17(33)10-23(24)39-29(26)14-3-7-16(32)8-4-14/h1-10,12,22,26,28-29,31-37H,11H2/t22-,26+,28-,29+/m0/s1. The van der Waals surface area contributed by atoms with Crippen LogP contribution in [0.1, 0.15) is 50.7 Å². The van der Waals surface area contributed by atoms with Crippen LogP contribution in [0.3, 0.4) is 0 Å². The molecule has 7 N–H and O–H groups in total. The van der Waals surface area contributed by atoms with Crippen LogP contribution in [0.25, 0.3) is 0 Å². The van der Waals surface area contributed by atoms with Gasteiger partial charge in [0.1, 0.15) is 63.8 Å². The van der Waals surface area contributed by atoms with Crippen LogP contribution in [-0.2, 0) is 6.42 Å². The lowest BCUT2D eigenvalue weighted by molar-refractivity contribution is 0.0179. The molecule has 4 aromatic rings. The molecule has 0 saturated heterocycles. The number of rotatable bonds is 3. The molecule has 2 aliphatic heterocycles. The lowest BCUT2D eigenvalue weighted by atomic mass is 9.78. The average Bonchev–Trinajstić information content (AvgIpc) is 2.90. The average molecular weight is 545 g/mol. The number of phenols is 6. The molecule has 4 atom stereocenters. The molecule has 6 rings (SSSR count). The van der Waals surface area contributed by atoms with Crippen LogP contribution in [0.4, 0.5) is 0 Å². The van der Waals surface area contributed by atoms with Crippen LogP contribution in [0.2, 0.25) is 0 Å². The maximum Gasteiger partial charge on any atom is 0.182 e. The van der Waals surface area contributed by atoms with E-state index < -0.39 is 41.5 Å². The number of ether oxygens (including phenoxy) is 2. The van der Waals surface area contributed by atoms with E-state index in [2.05, 4.69) is 0 Å². The summed E-state index contributed by atoms with van der Waals surface area (Å²) in [7, 11) is 0. The molecular weight excluding hydrogens is 520 g/mol. The first-order valence-corrected chi connectivity index (χ1v) is 12.4. The van der Waals surface area contributed by atoms with Crippen LogP contribution < -0.4 is 9.47 Å². The molecule has 0 unspecified atom stereocenters. The van der Waals surface area contributed by atoms with Gasteiger partial charge in [-0.25, -0.2) is 0 Å². The topological polar surface area (TPSA) is 177 Å². The van der Waals surface area contributed by atoms with E-state index in [1.807, 2.05) is 0 Å². The first-order chi connectivity index (χ1) is 19.1. The summed E-state index contributed by atoms with van der Waals surface area (Å²) >= 11 is 0. The highest BCUT2D eigenvalue weighted by Gasteiger charge is 2.46. The van der Waals surface area contributed by atoms with E-state index in [1.54, 1.807) is 12.1 Å². The minimum absolute atomic E-state index is 0.0108. The van der Waals surface area contributed by atoms with Gasteiger partial charge < -0.3 is 45.2 Å². The molecule has 0 spiro atoms. The highest BCUT2D eigenvalue weighted by atomic mass is 16.5. The number of phenolic OH excluding ortho intramolecular Hbond substituents is 6. The molecule has 0 aromatic heterocycles. The maximum atomic E-state index is 14.1. The minimum Gasteiger partial charge on any atom is -0.508 e. The van der Waals surface area contributed by atoms with Crippen LogP contribution in [0.15, 0.2) is 66.7 Å². The number of Topliss-reactive ketones (excluding diaryl/α,β-unsaturated/α-hetero) is 1. The molecule has 0 fully saturated rings. The van der Waals surface area contributed by atoms with Crippen molar-refractivity contribution in [2.45, 2.75) is 30.7 Å². The second kappa shape index (κ2) is 9.28. The van der Waals surface area contributed by atoms with E-state index >= 15 is 0 Å². The number of benzene rings is 4. The predicted molar refractivity (Wildman–Crippen MR) is 139 cm³/mol. The Morgan fingerprint density at radius 2 is 1.25 bits per heavy atom. The number of fused-ring (bicyclic) bond motifs is 2. The highest BCUT2D eigenvalue weighted by Crippen LogP contribution is 2.55. The third-order valence-corrected chi connectivity index (χ3v) is 7.29. The number of hydrogen-bond donors (Lipinski definition) is 7. The molecule has 0 bridgehead atoms. The fourth-order valence-electron chi connectivity index (χ4n) is 5.43. The Kier molecular flexibility index (Phi) is 5.85. The SMILES string of the molecule is O=C1c2c(O)cc(O)cc2O[C@H](c2ccc(O)cc2)[C@@H]1c1c(O)cc(O)c2c1O[C@@H](c1ccc(O)cc1)[C@@H](O)C2. The zero-order chi connectivity index (χ0) is 28.3. The summed E-state index contributed by atoms with van der Waals surface area (Å²) < 4.78 is 12.4. The number of carbonyl (C=O) groups is 1. The van der Waals surface area contributed by atoms with Gasteiger partial charge in [0.2, 0.25) is 0 Å². The van der Waals surface area contributed by atoms with Gasteiger partial charge in [0, 0.05) is 30.2 Å². The van der Waals surface area contributed by atoms with E-state index in [1.165, 1.54) is 42.5 Å². The lowest BCUT2D eigenvalue weighted by Crippen LogP contribution is -2.34. The van der Waals surface area contributed by atoms with Crippen LogP contribution in [0, 0.1) is 0 Å². The Labute approximate surface area is 227 Å². The van der Waals surface area contributed by atoms with Crippen molar-refractivity contribution in [2.24, 2.45) is 0 Å². The molecular formula is C30H24O10. The van der Waals surface area contributed by atoms with Gasteiger partial charge in [0.25, 0.3) is 0 Å². The van der Waals surface area contributed by atoms with Crippen molar-refractivity contribution in [3.05, 3.63) is 94.5 Å². The summed E-state index contributed by atoms with van der Waals surface area (Å²) in [6, 6.07) is 15.1. The maximum absolute atomic E-state index is 14.1. The molecule has 10 nitrogen and oxygen atoms in total. The van der Waals surface area contributed by atoms with Crippen molar-refractivity contribution < 1.29 is 50.0 Å². The summed E-state index contributed by atoms with van der Waals surface area (Å²) in [5.41, 5.74) is 0.837. The number of carbonyl (C=O) groups excluding carboxylic acids is 1. The Bertz CT molecular complexity index is 1630. The Balaban J connectivity index is 1.56. The van der Waals surface area contributed by atoms with Gasteiger partial charge >= 0.3 is 0 Å². The first-order valence-electron chi connectivity index (χ1n) is 12.4. The summed E-state index contributed by atoms with van der Waals surface area (Å²) in [5, 5.41) is 72.9. The Morgan fingerprint density at radius 1 is 0.650 bits per heavy atom. The van der Waals surface area contributed by atoms with Crippen molar-refractivity contribution >= 4 is 5.78 Å². The van der Waals surface area contributed by atoms with Gasteiger partial charge in [0.15, 0.2) is 5.78 Å². The summed E-state index contributed by atoms with van der Waals surface area (Å²) in [6.07, 6.45) is -3.29. The Morgan fingerprint density at radius 3 is 1.88 bits per heavy atom. The van der Waals surface area contributed by atoms with Crippen molar-refractivity contribution in [1.29, 1.82) is 0 Å². The molecule has 0 aliphatic carbocycles. The normalized spacial score (nSPS) is 21.6. The smallest absolute Gasteiger partial charge is 0.182 e. The van der Waals surface area contributed by atoms with Gasteiger partial charge in [-0.2, -0.15) is 0 Å². The summed E-state index contributed by atoms with van der Waals surface area (Å²) in [5.74, 6) is -3.80. The first kappa shape index (κ1) is 25.2. The van der Waals surface area contributed by atoms with Gasteiger partial charge in [0.05, 0.1) is 17.6 Å². The Hall–Kier alpha value is -5.09. The third kappa shape index (κ3) is 4.05. The van der Waals surface area contributed by atoms with Crippen molar-refractivity contribution in [1.82, 2.24) is 0 Å². The van der Waals surface area contributed by atoms with Crippen LogP contribution in [-0.4, -0.2) is 47.6 Å².